The van der Waals surface area contributed by atoms with Gasteiger partial charge in [0, 0.05) is 27.4 Å². The van der Waals surface area contributed by atoms with Crippen molar-refractivity contribution in [1.82, 2.24) is 0 Å². The average molecular weight is 276 g/mol. The fraction of sp³-hybridized carbons (Fsp3) is 0.833. The van der Waals surface area contributed by atoms with Crippen LogP contribution in [0.1, 0.15) is 13.3 Å². The van der Waals surface area contributed by atoms with Gasteiger partial charge in [-0.15, -0.1) is 0 Å². The van der Waals surface area contributed by atoms with Crippen LogP contribution < -0.4 is 0 Å². The molecule has 2 unspecified atom stereocenters. The highest BCUT2D eigenvalue weighted by Gasteiger charge is 2.39. The Morgan fingerprint density at radius 3 is 2.28 bits per heavy atom. The minimum Gasteiger partial charge on any atom is -0.377 e. The Hall–Kier alpha value is -0.243. The summed E-state index contributed by atoms with van der Waals surface area (Å²) in [6.45, 7) is 7.58. The van der Waals surface area contributed by atoms with Crippen LogP contribution in [-0.4, -0.2) is 55.6 Å². The van der Waals surface area contributed by atoms with Crippen molar-refractivity contribution in [2.45, 2.75) is 31.6 Å². The maximum Gasteiger partial charge on any atom is 0.504 e. The van der Waals surface area contributed by atoms with Crippen molar-refractivity contribution in [3.8, 4) is 0 Å². The lowest BCUT2D eigenvalue weighted by atomic mass is 10.1. The second-order valence-electron chi connectivity index (χ2n) is 4.32. The SMILES string of the molecule is C=C(C[Si](OC)(OC)OC)C(CC)OCC1CO1. The third-order valence-corrected chi connectivity index (χ3v) is 5.84. The fourth-order valence-corrected chi connectivity index (χ4v) is 3.49. The van der Waals surface area contributed by atoms with Crippen LogP contribution in [0.25, 0.3) is 0 Å². The second-order valence-corrected chi connectivity index (χ2v) is 7.26. The summed E-state index contributed by atoms with van der Waals surface area (Å²) in [4.78, 5) is 0. The third kappa shape index (κ3) is 4.45. The van der Waals surface area contributed by atoms with Crippen LogP contribution in [0, 0.1) is 0 Å². The quantitative estimate of drug-likeness (QED) is 0.345. The molecule has 0 amide bonds. The van der Waals surface area contributed by atoms with Crippen molar-refractivity contribution < 1.29 is 22.8 Å². The Bertz CT molecular complexity index is 255. The number of ether oxygens (including phenoxy) is 2. The lowest BCUT2D eigenvalue weighted by molar-refractivity contribution is 0.0596. The summed E-state index contributed by atoms with van der Waals surface area (Å²) >= 11 is 0. The van der Waals surface area contributed by atoms with Gasteiger partial charge in [0.05, 0.1) is 19.3 Å². The first-order chi connectivity index (χ1) is 8.60. The fourth-order valence-electron chi connectivity index (χ4n) is 1.77. The molecule has 0 saturated carbocycles. The molecule has 106 valence electrons. The van der Waals surface area contributed by atoms with E-state index in [9.17, 15) is 0 Å². The molecule has 1 fully saturated rings. The summed E-state index contributed by atoms with van der Waals surface area (Å²) in [6.07, 6.45) is 1.13. The van der Waals surface area contributed by atoms with Gasteiger partial charge in [-0.05, 0) is 12.0 Å². The second kappa shape index (κ2) is 7.37. The topological polar surface area (TPSA) is 49.5 Å². The van der Waals surface area contributed by atoms with Crippen molar-refractivity contribution in [2.75, 3.05) is 34.5 Å². The van der Waals surface area contributed by atoms with E-state index in [2.05, 4.69) is 13.5 Å². The molecule has 0 N–H and O–H groups in total. The highest BCUT2D eigenvalue weighted by molar-refractivity contribution is 6.61. The molecular weight excluding hydrogens is 252 g/mol. The zero-order chi connectivity index (χ0) is 13.6. The number of hydrogen-bond acceptors (Lipinski definition) is 5. The molecule has 1 aliphatic rings. The van der Waals surface area contributed by atoms with Crippen molar-refractivity contribution in [1.29, 1.82) is 0 Å². The van der Waals surface area contributed by atoms with E-state index in [-0.39, 0.29) is 12.2 Å². The molecule has 2 atom stereocenters. The summed E-state index contributed by atoms with van der Waals surface area (Å²) < 4.78 is 27.1. The van der Waals surface area contributed by atoms with Crippen LogP contribution in [-0.2, 0) is 22.8 Å². The van der Waals surface area contributed by atoms with Crippen LogP contribution >= 0.6 is 0 Å². The average Bonchev–Trinajstić information content (AvgIpc) is 3.21. The molecule has 0 bridgehead atoms. The molecule has 1 saturated heterocycles. The summed E-state index contributed by atoms with van der Waals surface area (Å²) in [5, 5.41) is 0. The monoisotopic (exact) mass is 276 g/mol. The summed E-state index contributed by atoms with van der Waals surface area (Å²) in [5.74, 6) is 0. The van der Waals surface area contributed by atoms with Crippen LogP contribution in [0.3, 0.4) is 0 Å². The van der Waals surface area contributed by atoms with Gasteiger partial charge in [0.25, 0.3) is 0 Å². The lowest BCUT2D eigenvalue weighted by Crippen LogP contribution is -2.44. The molecule has 0 aromatic heterocycles. The lowest BCUT2D eigenvalue weighted by Gasteiger charge is -2.27. The molecule has 0 aliphatic carbocycles. The van der Waals surface area contributed by atoms with E-state index in [1.54, 1.807) is 21.3 Å². The van der Waals surface area contributed by atoms with Crippen molar-refractivity contribution >= 4 is 8.80 Å². The van der Waals surface area contributed by atoms with Crippen LogP contribution in [0.15, 0.2) is 12.2 Å². The minimum absolute atomic E-state index is 0.00141. The Morgan fingerprint density at radius 2 is 1.89 bits per heavy atom. The standard InChI is InChI=1S/C12H24O5Si/c1-6-12(17-8-11-7-16-11)10(2)9-18(13-3,14-4)15-5/h11-12H,2,6-9H2,1,3-5H3. The normalized spacial score (nSPS) is 20.8. The predicted octanol–water partition coefficient (Wildman–Crippen LogP) is 1.61. The zero-order valence-electron chi connectivity index (χ0n) is 11.7. The first-order valence-electron chi connectivity index (χ1n) is 6.17. The molecule has 0 spiro atoms. The van der Waals surface area contributed by atoms with E-state index in [0.717, 1.165) is 18.6 Å². The molecule has 18 heavy (non-hydrogen) atoms. The molecule has 6 heteroatoms. The summed E-state index contributed by atoms with van der Waals surface area (Å²) in [5.41, 5.74) is 0.954. The molecule has 0 aromatic carbocycles. The first-order valence-corrected chi connectivity index (χ1v) is 8.10. The largest absolute Gasteiger partial charge is 0.504 e. The number of rotatable bonds is 10. The Kier molecular flexibility index (Phi) is 6.48. The van der Waals surface area contributed by atoms with Crippen molar-refractivity contribution in [2.24, 2.45) is 0 Å². The van der Waals surface area contributed by atoms with Gasteiger partial charge in [0.1, 0.15) is 6.10 Å². The van der Waals surface area contributed by atoms with Crippen LogP contribution in [0.2, 0.25) is 6.04 Å². The van der Waals surface area contributed by atoms with Gasteiger partial charge in [-0.25, -0.2) is 0 Å². The van der Waals surface area contributed by atoms with Gasteiger partial charge in [-0.1, -0.05) is 13.5 Å². The first kappa shape index (κ1) is 15.8. The van der Waals surface area contributed by atoms with Crippen LogP contribution in [0.5, 0.6) is 0 Å². The molecule has 5 nitrogen and oxygen atoms in total. The molecule has 0 aromatic rings. The number of epoxide rings is 1. The third-order valence-electron chi connectivity index (χ3n) is 3.09. The molecule has 1 aliphatic heterocycles. The summed E-state index contributed by atoms with van der Waals surface area (Å²) in [6, 6.07) is 0.570. The zero-order valence-corrected chi connectivity index (χ0v) is 12.7. The molecule has 1 heterocycles. The Morgan fingerprint density at radius 1 is 1.33 bits per heavy atom. The van der Waals surface area contributed by atoms with Gasteiger partial charge in [-0.3, -0.25) is 0 Å². The predicted molar refractivity (Wildman–Crippen MR) is 70.5 cm³/mol. The van der Waals surface area contributed by atoms with Gasteiger partial charge < -0.3 is 22.8 Å². The Balaban J connectivity index is 2.48. The van der Waals surface area contributed by atoms with Gasteiger partial charge in [-0.2, -0.15) is 0 Å². The van der Waals surface area contributed by atoms with E-state index in [0.29, 0.717) is 12.7 Å². The summed E-state index contributed by atoms with van der Waals surface area (Å²) in [7, 11) is 2.20. The van der Waals surface area contributed by atoms with Gasteiger partial charge >= 0.3 is 8.80 Å². The van der Waals surface area contributed by atoms with E-state index >= 15 is 0 Å². The van der Waals surface area contributed by atoms with Crippen molar-refractivity contribution in [3.05, 3.63) is 12.2 Å². The highest BCUT2D eigenvalue weighted by Crippen LogP contribution is 2.24. The van der Waals surface area contributed by atoms with Crippen molar-refractivity contribution in [3.63, 3.8) is 0 Å². The van der Waals surface area contributed by atoms with Gasteiger partial charge in [0.15, 0.2) is 0 Å². The Labute approximate surface area is 110 Å². The maximum atomic E-state index is 5.79. The maximum absolute atomic E-state index is 5.79. The minimum atomic E-state index is -2.61. The van der Waals surface area contributed by atoms with E-state index in [4.69, 9.17) is 22.8 Å². The van der Waals surface area contributed by atoms with E-state index in [1.807, 2.05) is 0 Å². The van der Waals surface area contributed by atoms with Gasteiger partial charge in [0.2, 0.25) is 0 Å². The number of hydrogen-bond donors (Lipinski definition) is 0. The smallest absolute Gasteiger partial charge is 0.377 e. The van der Waals surface area contributed by atoms with E-state index < -0.39 is 8.80 Å². The highest BCUT2D eigenvalue weighted by atomic mass is 28.4. The molecule has 0 radical (unpaired) electrons. The molecule has 1 rings (SSSR count). The van der Waals surface area contributed by atoms with E-state index in [1.165, 1.54) is 0 Å². The van der Waals surface area contributed by atoms with Crippen LogP contribution in [0.4, 0.5) is 0 Å². The molecular formula is C12H24O5Si.